The van der Waals surface area contributed by atoms with Crippen LogP contribution >= 0.6 is 0 Å². The molecule has 2 N–H and O–H groups in total. The average Bonchev–Trinajstić information content (AvgIpc) is 2.89. The lowest BCUT2D eigenvalue weighted by molar-refractivity contribution is 0.415. The minimum atomic E-state index is 0.112. The molecule has 4 heteroatoms. The number of guanidine groups is 1. The normalized spacial score (nSPS) is 17.7. The number of para-hydroxylation sites is 2. The maximum atomic E-state index is 6.12. The van der Waals surface area contributed by atoms with Gasteiger partial charge in [-0.2, -0.15) is 0 Å². The number of hydrogen-bond acceptors (Lipinski definition) is 4. The van der Waals surface area contributed by atoms with E-state index in [0.29, 0.717) is 12.5 Å². The van der Waals surface area contributed by atoms with E-state index in [1.165, 1.54) is 11.1 Å². The number of nitrogens with zero attached hydrogens (tertiary/aromatic N) is 2. The van der Waals surface area contributed by atoms with E-state index in [0.717, 1.165) is 11.4 Å². The smallest absolute Gasteiger partial charge is 0.196 e. The Morgan fingerprint density at radius 2 is 2.00 bits per heavy atom. The predicted octanol–water partition coefficient (Wildman–Crippen LogP) is 2.88. The van der Waals surface area contributed by atoms with Crippen molar-refractivity contribution in [2.24, 2.45) is 10.7 Å². The van der Waals surface area contributed by atoms with E-state index < -0.39 is 0 Å². The third kappa shape index (κ3) is 2.44. The molecule has 0 radical (unpaired) electrons. The molecule has 0 amide bonds. The van der Waals surface area contributed by atoms with Crippen LogP contribution in [0.2, 0.25) is 0 Å². The summed E-state index contributed by atoms with van der Waals surface area (Å²) in [6.45, 7) is 2.75. The van der Waals surface area contributed by atoms with Crippen LogP contribution in [0.3, 0.4) is 0 Å². The van der Waals surface area contributed by atoms with Gasteiger partial charge in [0, 0.05) is 0 Å². The van der Waals surface area contributed by atoms with Gasteiger partial charge in [-0.3, -0.25) is 9.89 Å². The fraction of sp³-hybridized carbons (Fsp3) is 0.235. The highest BCUT2D eigenvalue weighted by Gasteiger charge is 2.30. The molecule has 3 rings (SSSR count). The van der Waals surface area contributed by atoms with Gasteiger partial charge in [0.25, 0.3) is 0 Å². The van der Waals surface area contributed by atoms with Crippen molar-refractivity contribution in [3.8, 4) is 5.75 Å². The Bertz CT molecular complexity index is 681. The molecule has 2 aromatic carbocycles. The maximum Gasteiger partial charge on any atom is 0.196 e. The second-order valence-electron chi connectivity index (χ2n) is 5.17. The van der Waals surface area contributed by atoms with Crippen LogP contribution in [0.5, 0.6) is 5.75 Å². The lowest BCUT2D eigenvalue weighted by atomic mass is 10.0. The fourth-order valence-electron chi connectivity index (χ4n) is 2.75. The quantitative estimate of drug-likeness (QED) is 0.941. The first-order valence-electron chi connectivity index (χ1n) is 6.99. The van der Waals surface area contributed by atoms with Crippen LogP contribution in [0, 0.1) is 6.92 Å². The average molecular weight is 281 g/mol. The molecule has 0 aromatic heterocycles. The molecular formula is C17H19N3O. The fourth-order valence-corrected chi connectivity index (χ4v) is 2.75. The van der Waals surface area contributed by atoms with E-state index in [4.69, 9.17) is 10.5 Å². The Morgan fingerprint density at radius 1 is 1.19 bits per heavy atom. The zero-order valence-corrected chi connectivity index (χ0v) is 12.3. The first kappa shape index (κ1) is 13.5. The summed E-state index contributed by atoms with van der Waals surface area (Å²) < 4.78 is 5.46. The Hall–Kier alpha value is -2.49. The summed E-state index contributed by atoms with van der Waals surface area (Å²) in [6, 6.07) is 16.5. The molecule has 0 fully saturated rings. The van der Waals surface area contributed by atoms with E-state index >= 15 is 0 Å². The van der Waals surface area contributed by atoms with Gasteiger partial charge in [0.05, 0.1) is 25.4 Å². The molecular weight excluding hydrogens is 262 g/mol. The summed E-state index contributed by atoms with van der Waals surface area (Å²) >= 11 is 0. The highest BCUT2D eigenvalue weighted by molar-refractivity contribution is 5.98. The topological polar surface area (TPSA) is 50.9 Å². The summed E-state index contributed by atoms with van der Waals surface area (Å²) in [6.07, 6.45) is 0. The number of methoxy groups -OCH3 is 1. The van der Waals surface area contributed by atoms with E-state index in [1.54, 1.807) is 7.11 Å². The van der Waals surface area contributed by atoms with Crippen LogP contribution in [0.1, 0.15) is 17.2 Å². The molecule has 0 aliphatic carbocycles. The van der Waals surface area contributed by atoms with Crippen LogP contribution in [-0.2, 0) is 0 Å². The van der Waals surface area contributed by atoms with Crippen molar-refractivity contribution >= 4 is 11.6 Å². The standard InChI is InChI=1S/C17H19N3O/c1-12-6-5-7-13(10-12)15-11-19-17(18)20(15)14-8-3-4-9-16(14)21-2/h3-10,15H,11H2,1-2H3,(H2,18,19). The van der Waals surface area contributed by atoms with E-state index in [1.807, 2.05) is 29.2 Å². The molecule has 0 saturated carbocycles. The van der Waals surface area contributed by atoms with E-state index in [2.05, 4.69) is 36.2 Å². The zero-order chi connectivity index (χ0) is 14.8. The van der Waals surface area contributed by atoms with Crippen molar-refractivity contribution in [1.82, 2.24) is 0 Å². The van der Waals surface area contributed by atoms with Gasteiger partial charge < -0.3 is 10.5 Å². The molecule has 4 nitrogen and oxygen atoms in total. The van der Waals surface area contributed by atoms with Gasteiger partial charge in [-0.05, 0) is 24.6 Å². The minimum Gasteiger partial charge on any atom is -0.495 e. The monoisotopic (exact) mass is 281 g/mol. The third-order valence-electron chi connectivity index (χ3n) is 3.76. The summed E-state index contributed by atoms with van der Waals surface area (Å²) in [5.41, 5.74) is 9.52. The number of aryl methyl sites for hydroxylation is 1. The Kier molecular flexibility index (Phi) is 3.52. The minimum absolute atomic E-state index is 0.112. The van der Waals surface area contributed by atoms with Crippen LogP contribution < -0.4 is 15.4 Å². The van der Waals surface area contributed by atoms with Crippen LogP contribution in [-0.4, -0.2) is 19.6 Å². The number of rotatable bonds is 3. The molecule has 1 unspecified atom stereocenters. The van der Waals surface area contributed by atoms with Crippen molar-refractivity contribution in [3.05, 3.63) is 59.7 Å². The first-order chi connectivity index (χ1) is 10.2. The Morgan fingerprint density at radius 3 is 2.76 bits per heavy atom. The second-order valence-corrected chi connectivity index (χ2v) is 5.17. The van der Waals surface area contributed by atoms with Gasteiger partial charge in [0.2, 0.25) is 0 Å². The summed E-state index contributed by atoms with van der Waals surface area (Å²) in [5, 5.41) is 0. The molecule has 1 aliphatic heterocycles. The predicted molar refractivity (Wildman–Crippen MR) is 85.9 cm³/mol. The molecule has 2 aromatic rings. The lowest BCUT2D eigenvalue weighted by Gasteiger charge is -2.28. The summed E-state index contributed by atoms with van der Waals surface area (Å²) in [5.74, 6) is 1.33. The van der Waals surface area contributed by atoms with Crippen molar-refractivity contribution < 1.29 is 4.74 Å². The van der Waals surface area contributed by atoms with Gasteiger partial charge in [-0.25, -0.2) is 0 Å². The number of aliphatic imine (C=N–C) groups is 1. The Balaban J connectivity index is 2.04. The molecule has 21 heavy (non-hydrogen) atoms. The number of ether oxygens (including phenoxy) is 1. The molecule has 0 spiro atoms. The SMILES string of the molecule is COc1ccccc1N1C(N)=NCC1c1cccc(C)c1. The summed E-state index contributed by atoms with van der Waals surface area (Å²) in [4.78, 5) is 6.47. The summed E-state index contributed by atoms with van der Waals surface area (Å²) in [7, 11) is 1.67. The second kappa shape index (κ2) is 5.48. The maximum absolute atomic E-state index is 6.12. The van der Waals surface area contributed by atoms with Crippen LogP contribution in [0.15, 0.2) is 53.5 Å². The molecule has 0 bridgehead atoms. The highest BCUT2D eigenvalue weighted by atomic mass is 16.5. The highest BCUT2D eigenvalue weighted by Crippen LogP contribution is 2.36. The molecule has 1 atom stereocenters. The first-order valence-corrected chi connectivity index (χ1v) is 6.99. The molecule has 1 aliphatic rings. The number of nitrogens with two attached hydrogens (primary N) is 1. The van der Waals surface area contributed by atoms with Crippen molar-refractivity contribution in [3.63, 3.8) is 0 Å². The van der Waals surface area contributed by atoms with Crippen LogP contribution in [0.25, 0.3) is 0 Å². The van der Waals surface area contributed by atoms with Gasteiger partial charge in [0.15, 0.2) is 5.96 Å². The van der Waals surface area contributed by atoms with Gasteiger partial charge >= 0.3 is 0 Å². The van der Waals surface area contributed by atoms with Gasteiger partial charge in [-0.15, -0.1) is 0 Å². The largest absolute Gasteiger partial charge is 0.495 e. The third-order valence-corrected chi connectivity index (χ3v) is 3.76. The zero-order valence-electron chi connectivity index (χ0n) is 12.3. The van der Waals surface area contributed by atoms with E-state index in [9.17, 15) is 0 Å². The van der Waals surface area contributed by atoms with Gasteiger partial charge in [-0.1, -0.05) is 42.0 Å². The lowest BCUT2D eigenvalue weighted by Crippen LogP contribution is -2.36. The van der Waals surface area contributed by atoms with Crippen LogP contribution in [0.4, 0.5) is 5.69 Å². The van der Waals surface area contributed by atoms with E-state index in [-0.39, 0.29) is 6.04 Å². The molecule has 108 valence electrons. The molecule has 0 saturated heterocycles. The van der Waals surface area contributed by atoms with Crippen molar-refractivity contribution in [2.75, 3.05) is 18.6 Å². The Labute approximate surface area is 124 Å². The van der Waals surface area contributed by atoms with Crippen molar-refractivity contribution in [2.45, 2.75) is 13.0 Å². The number of benzene rings is 2. The van der Waals surface area contributed by atoms with Gasteiger partial charge in [0.1, 0.15) is 5.75 Å². The van der Waals surface area contributed by atoms with Crippen molar-refractivity contribution in [1.29, 1.82) is 0 Å². The number of hydrogen-bond donors (Lipinski definition) is 1. The number of anilines is 1. The molecule has 1 heterocycles.